The molecule has 0 aliphatic carbocycles. The quantitative estimate of drug-likeness (QED) is 0.731. The highest BCUT2D eigenvalue weighted by Gasteiger charge is 1.95. The molecule has 1 aromatic rings. The highest BCUT2D eigenvalue weighted by atomic mass is 32.1. The molecule has 0 unspecified atom stereocenters. The Morgan fingerprint density at radius 2 is 2.54 bits per heavy atom. The third-order valence-electron chi connectivity index (χ3n) is 1.57. The molecule has 0 spiro atoms. The van der Waals surface area contributed by atoms with Gasteiger partial charge in [-0.3, -0.25) is 4.79 Å². The number of carbonyl (C=O) groups is 1. The fourth-order valence-electron chi connectivity index (χ4n) is 0.974. The van der Waals surface area contributed by atoms with Crippen LogP contribution in [0.3, 0.4) is 0 Å². The Balaban J connectivity index is 2.18. The fourth-order valence-corrected chi connectivity index (χ4v) is 1.68. The first-order valence-corrected chi connectivity index (χ1v) is 5.14. The molecule has 0 aliphatic heterocycles. The first kappa shape index (κ1) is 9.99. The van der Waals surface area contributed by atoms with Crippen molar-refractivity contribution in [1.29, 1.82) is 0 Å². The van der Waals surface area contributed by atoms with E-state index in [1.165, 1.54) is 11.0 Å². The molecule has 0 fully saturated rings. The summed E-state index contributed by atoms with van der Waals surface area (Å²) < 4.78 is 0. The molecule has 0 radical (unpaired) electrons. The van der Waals surface area contributed by atoms with Crippen LogP contribution >= 0.6 is 11.3 Å². The number of amides is 1. The van der Waals surface area contributed by atoms with Crippen molar-refractivity contribution >= 4 is 17.2 Å². The second-order valence-electron chi connectivity index (χ2n) is 2.62. The standard InChI is InChI=1S/C10H13NOS/c1-2-4-10(12)11-7-6-9-5-3-8-13-9/h2-5,8H,6-7H2,1H3,(H,11,12). The van der Waals surface area contributed by atoms with E-state index in [0.29, 0.717) is 6.54 Å². The molecule has 0 saturated heterocycles. The predicted octanol–water partition coefficient (Wildman–Crippen LogP) is 1.98. The van der Waals surface area contributed by atoms with Crippen LogP contribution in [0.5, 0.6) is 0 Å². The van der Waals surface area contributed by atoms with Crippen LogP contribution in [0.1, 0.15) is 11.8 Å². The lowest BCUT2D eigenvalue weighted by Gasteiger charge is -1.99. The van der Waals surface area contributed by atoms with Gasteiger partial charge in [-0.15, -0.1) is 11.3 Å². The van der Waals surface area contributed by atoms with Gasteiger partial charge >= 0.3 is 0 Å². The Labute approximate surface area is 82.3 Å². The number of allylic oxidation sites excluding steroid dienone is 1. The van der Waals surface area contributed by atoms with Crippen LogP contribution in [-0.4, -0.2) is 12.5 Å². The van der Waals surface area contributed by atoms with E-state index in [1.54, 1.807) is 17.4 Å². The van der Waals surface area contributed by atoms with Gasteiger partial charge in [-0.05, 0) is 30.9 Å². The second-order valence-corrected chi connectivity index (χ2v) is 3.65. The zero-order valence-corrected chi connectivity index (χ0v) is 8.43. The Morgan fingerprint density at radius 3 is 3.15 bits per heavy atom. The van der Waals surface area contributed by atoms with Gasteiger partial charge in [0.25, 0.3) is 0 Å². The van der Waals surface area contributed by atoms with Gasteiger partial charge in [0.1, 0.15) is 0 Å². The number of rotatable bonds is 4. The summed E-state index contributed by atoms with van der Waals surface area (Å²) in [6, 6.07) is 4.10. The number of hydrogen-bond donors (Lipinski definition) is 1. The molecule has 0 saturated carbocycles. The third-order valence-corrected chi connectivity index (χ3v) is 2.50. The van der Waals surface area contributed by atoms with Crippen LogP contribution in [0.25, 0.3) is 0 Å². The van der Waals surface area contributed by atoms with E-state index in [1.807, 2.05) is 18.4 Å². The lowest BCUT2D eigenvalue weighted by molar-refractivity contribution is -0.116. The van der Waals surface area contributed by atoms with E-state index in [2.05, 4.69) is 11.4 Å². The molecular formula is C10H13NOS. The normalized spacial score (nSPS) is 10.5. The maximum absolute atomic E-state index is 11.0. The van der Waals surface area contributed by atoms with Crippen molar-refractivity contribution in [3.63, 3.8) is 0 Å². The summed E-state index contributed by atoms with van der Waals surface area (Å²) in [5.74, 6) is -0.0148. The molecule has 0 aromatic carbocycles. The topological polar surface area (TPSA) is 29.1 Å². The van der Waals surface area contributed by atoms with Crippen LogP contribution in [0.15, 0.2) is 29.7 Å². The lowest BCUT2D eigenvalue weighted by atomic mass is 10.3. The summed E-state index contributed by atoms with van der Waals surface area (Å²) in [7, 11) is 0. The van der Waals surface area contributed by atoms with Crippen molar-refractivity contribution in [3.05, 3.63) is 34.5 Å². The number of nitrogens with one attached hydrogen (secondary N) is 1. The molecule has 1 heterocycles. The minimum atomic E-state index is -0.0148. The highest BCUT2D eigenvalue weighted by Crippen LogP contribution is 2.07. The average Bonchev–Trinajstić information content (AvgIpc) is 2.57. The highest BCUT2D eigenvalue weighted by molar-refractivity contribution is 7.09. The summed E-state index contributed by atoms with van der Waals surface area (Å²) >= 11 is 1.72. The molecule has 13 heavy (non-hydrogen) atoms. The van der Waals surface area contributed by atoms with Crippen LogP contribution in [0.4, 0.5) is 0 Å². The van der Waals surface area contributed by atoms with E-state index >= 15 is 0 Å². The molecular weight excluding hydrogens is 182 g/mol. The van der Waals surface area contributed by atoms with Crippen molar-refractivity contribution in [1.82, 2.24) is 5.32 Å². The van der Waals surface area contributed by atoms with Gasteiger partial charge < -0.3 is 5.32 Å². The average molecular weight is 195 g/mol. The number of carbonyl (C=O) groups excluding carboxylic acids is 1. The Hall–Kier alpha value is -1.09. The molecule has 70 valence electrons. The van der Waals surface area contributed by atoms with Gasteiger partial charge in [-0.25, -0.2) is 0 Å². The zero-order valence-electron chi connectivity index (χ0n) is 7.62. The van der Waals surface area contributed by atoms with E-state index in [9.17, 15) is 4.79 Å². The van der Waals surface area contributed by atoms with E-state index in [0.717, 1.165) is 6.42 Å². The summed E-state index contributed by atoms with van der Waals surface area (Å²) in [5, 5.41) is 4.85. The van der Waals surface area contributed by atoms with Crippen molar-refractivity contribution in [2.75, 3.05) is 6.54 Å². The van der Waals surface area contributed by atoms with E-state index < -0.39 is 0 Å². The molecule has 0 atom stereocenters. The number of thiophene rings is 1. The minimum Gasteiger partial charge on any atom is -0.352 e. The monoisotopic (exact) mass is 195 g/mol. The molecule has 3 heteroatoms. The molecule has 1 rings (SSSR count). The maximum atomic E-state index is 11.0. The first-order chi connectivity index (χ1) is 6.33. The summed E-state index contributed by atoms with van der Waals surface area (Å²) in [6.45, 7) is 2.54. The first-order valence-electron chi connectivity index (χ1n) is 4.26. The van der Waals surface area contributed by atoms with Crippen molar-refractivity contribution in [2.24, 2.45) is 0 Å². The summed E-state index contributed by atoms with van der Waals surface area (Å²) in [6.07, 6.45) is 4.19. The van der Waals surface area contributed by atoms with Crippen LogP contribution in [0.2, 0.25) is 0 Å². The maximum Gasteiger partial charge on any atom is 0.243 e. The summed E-state index contributed by atoms with van der Waals surface area (Å²) in [5.41, 5.74) is 0. The molecule has 1 aromatic heterocycles. The van der Waals surface area contributed by atoms with Gasteiger partial charge in [-0.1, -0.05) is 12.1 Å². The fraction of sp³-hybridized carbons (Fsp3) is 0.300. The van der Waals surface area contributed by atoms with Crippen molar-refractivity contribution in [3.8, 4) is 0 Å². The lowest BCUT2D eigenvalue weighted by Crippen LogP contribution is -2.23. The van der Waals surface area contributed by atoms with Crippen LogP contribution < -0.4 is 5.32 Å². The van der Waals surface area contributed by atoms with Gasteiger partial charge in [-0.2, -0.15) is 0 Å². The SMILES string of the molecule is CC=CC(=O)NCCc1cccs1. The van der Waals surface area contributed by atoms with Crippen molar-refractivity contribution < 1.29 is 4.79 Å². The van der Waals surface area contributed by atoms with Gasteiger partial charge in [0.2, 0.25) is 5.91 Å². The molecule has 0 aliphatic rings. The van der Waals surface area contributed by atoms with Crippen molar-refractivity contribution in [2.45, 2.75) is 13.3 Å². The van der Waals surface area contributed by atoms with Gasteiger partial charge in [0.05, 0.1) is 0 Å². The zero-order chi connectivity index (χ0) is 9.52. The van der Waals surface area contributed by atoms with E-state index in [-0.39, 0.29) is 5.91 Å². The van der Waals surface area contributed by atoms with Gasteiger partial charge in [0, 0.05) is 11.4 Å². The second kappa shape index (κ2) is 5.54. The molecule has 2 nitrogen and oxygen atoms in total. The Morgan fingerprint density at radius 1 is 1.69 bits per heavy atom. The molecule has 0 bridgehead atoms. The van der Waals surface area contributed by atoms with Crippen LogP contribution in [0, 0.1) is 0 Å². The van der Waals surface area contributed by atoms with E-state index in [4.69, 9.17) is 0 Å². The number of hydrogen-bond acceptors (Lipinski definition) is 2. The Bertz CT molecular complexity index is 277. The predicted molar refractivity (Wildman–Crippen MR) is 55.8 cm³/mol. The Kier molecular flexibility index (Phi) is 4.26. The molecule has 1 N–H and O–H groups in total. The minimum absolute atomic E-state index is 0.0148. The van der Waals surface area contributed by atoms with Gasteiger partial charge in [0.15, 0.2) is 0 Å². The third kappa shape index (κ3) is 3.90. The molecule has 1 amide bonds. The smallest absolute Gasteiger partial charge is 0.243 e. The largest absolute Gasteiger partial charge is 0.352 e. The summed E-state index contributed by atoms with van der Waals surface area (Å²) in [4.78, 5) is 12.3. The van der Waals surface area contributed by atoms with Crippen LogP contribution in [-0.2, 0) is 11.2 Å².